The van der Waals surface area contributed by atoms with E-state index < -0.39 is 11.9 Å². The number of hydrogen-bond donors (Lipinski definition) is 2. The third-order valence-electron chi connectivity index (χ3n) is 10.9. The second kappa shape index (κ2) is 16.4. The SMILES string of the molecule is CCOC(=O)c1c(C#N)c(C)n2nc(-c3ccc(C)c(NC(C)=O)c3)n(C)c12.[C-]#[N+]c1c(C(=O)OC2C(C)CC(C)CC2C)c(C)n2[nH]c(-c3ccc(C)cc3)nc12. The molecular formula is C44H49N9O5. The van der Waals surface area contributed by atoms with Gasteiger partial charge in [-0.15, -0.1) is 5.10 Å². The van der Waals surface area contributed by atoms with Gasteiger partial charge in [0.25, 0.3) is 0 Å². The fraction of sp³-hybridized carbons (Fsp3) is 0.386. The average Bonchev–Trinajstić information content (AvgIpc) is 3.90. The van der Waals surface area contributed by atoms with Crippen molar-refractivity contribution in [2.75, 3.05) is 11.9 Å². The summed E-state index contributed by atoms with van der Waals surface area (Å²) in [6, 6.07) is 15.7. The number of benzene rings is 2. The number of ether oxygens (including phenoxy) is 2. The minimum absolute atomic E-state index is 0.124. The van der Waals surface area contributed by atoms with Crippen LogP contribution in [0.5, 0.6) is 0 Å². The topological polar surface area (TPSA) is 165 Å². The van der Waals surface area contributed by atoms with Crippen LogP contribution in [0.15, 0.2) is 42.5 Å². The Morgan fingerprint density at radius 2 is 1.64 bits per heavy atom. The minimum atomic E-state index is -0.554. The van der Waals surface area contributed by atoms with E-state index >= 15 is 0 Å². The Labute approximate surface area is 337 Å². The van der Waals surface area contributed by atoms with Gasteiger partial charge in [-0.3, -0.25) is 14.4 Å². The summed E-state index contributed by atoms with van der Waals surface area (Å²) < 4.78 is 16.2. The van der Waals surface area contributed by atoms with Crippen LogP contribution in [0.1, 0.15) is 96.3 Å². The second-order valence-corrected chi connectivity index (χ2v) is 15.4. The smallest absolute Gasteiger partial charge is 0.343 e. The van der Waals surface area contributed by atoms with Gasteiger partial charge in [-0.1, -0.05) is 62.7 Å². The van der Waals surface area contributed by atoms with Crippen LogP contribution in [-0.4, -0.2) is 59.3 Å². The molecule has 2 unspecified atom stereocenters. The van der Waals surface area contributed by atoms with Crippen LogP contribution in [-0.2, 0) is 21.3 Å². The highest BCUT2D eigenvalue weighted by molar-refractivity contribution is 6.02. The van der Waals surface area contributed by atoms with Gasteiger partial charge in [0.05, 0.1) is 30.0 Å². The Bertz CT molecular complexity index is 2630. The van der Waals surface area contributed by atoms with E-state index in [1.165, 1.54) is 12.5 Å². The molecule has 1 aliphatic rings. The first-order valence-electron chi connectivity index (χ1n) is 19.4. The van der Waals surface area contributed by atoms with Gasteiger partial charge in [0.2, 0.25) is 11.6 Å². The van der Waals surface area contributed by atoms with Crippen LogP contribution in [0.25, 0.3) is 38.9 Å². The highest BCUT2D eigenvalue weighted by Crippen LogP contribution is 2.38. The molecule has 1 aliphatic carbocycles. The third-order valence-corrected chi connectivity index (χ3v) is 10.9. The van der Waals surface area contributed by atoms with Gasteiger partial charge in [0.15, 0.2) is 22.9 Å². The van der Waals surface area contributed by atoms with Crippen molar-refractivity contribution in [2.45, 2.75) is 81.3 Å². The highest BCUT2D eigenvalue weighted by atomic mass is 16.5. The number of esters is 2. The van der Waals surface area contributed by atoms with Gasteiger partial charge >= 0.3 is 11.9 Å². The fourth-order valence-corrected chi connectivity index (χ4v) is 8.16. The van der Waals surface area contributed by atoms with Gasteiger partial charge in [-0.25, -0.2) is 23.9 Å². The maximum Gasteiger partial charge on any atom is 0.343 e. The molecule has 2 N–H and O–H groups in total. The maximum atomic E-state index is 13.1. The van der Waals surface area contributed by atoms with Crippen LogP contribution in [0, 0.1) is 63.4 Å². The molecule has 14 heteroatoms. The van der Waals surface area contributed by atoms with E-state index in [0.717, 1.165) is 29.5 Å². The Kier molecular flexibility index (Phi) is 11.6. The number of carbonyl (C=O) groups is 3. The molecule has 0 bridgehead atoms. The molecule has 1 amide bonds. The summed E-state index contributed by atoms with van der Waals surface area (Å²) in [5.74, 6) is 1.39. The summed E-state index contributed by atoms with van der Waals surface area (Å²) in [6.45, 7) is 25.1. The number of fused-ring (bicyclic) bond motifs is 2. The quantitative estimate of drug-likeness (QED) is 0.120. The van der Waals surface area contributed by atoms with Crippen molar-refractivity contribution in [1.29, 1.82) is 5.26 Å². The van der Waals surface area contributed by atoms with Crippen molar-refractivity contribution in [2.24, 2.45) is 24.8 Å². The van der Waals surface area contributed by atoms with Crippen LogP contribution >= 0.6 is 0 Å². The monoisotopic (exact) mass is 783 g/mol. The van der Waals surface area contributed by atoms with Crippen molar-refractivity contribution in [1.82, 2.24) is 28.8 Å². The molecule has 7 rings (SSSR count). The Balaban J connectivity index is 0.000000196. The summed E-state index contributed by atoms with van der Waals surface area (Å²) in [4.78, 5) is 45.3. The van der Waals surface area contributed by atoms with Crippen molar-refractivity contribution in [3.63, 3.8) is 0 Å². The summed E-state index contributed by atoms with van der Waals surface area (Å²) >= 11 is 0. The number of rotatable bonds is 7. The molecule has 58 heavy (non-hydrogen) atoms. The number of nitrogens with zero attached hydrogens (tertiary/aromatic N) is 7. The largest absolute Gasteiger partial charge is 0.462 e. The molecule has 0 aliphatic heterocycles. The zero-order chi connectivity index (χ0) is 42.2. The number of aromatic amines is 1. The first-order chi connectivity index (χ1) is 27.6. The molecular weight excluding hydrogens is 735 g/mol. The van der Waals surface area contributed by atoms with Gasteiger partial charge in [0, 0.05) is 36.5 Å². The van der Waals surface area contributed by atoms with Gasteiger partial charge < -0.3 is 19.4 Å². The lowest BCUT2D eigenvalue weighted by atomic mass is 9.75. The van der Waals surface area contributed by atoms with E-state index in [1.807, 2.05) is 63.2 Å². The summed E-state index contributed by atoms with van der Waals surface area (Å²) in [5, 5.41) is 20.2. The lowest BCUT2D eigenvalue weighted by Gasteiger charge is -2.37. The Morgan fingerprint density at radius 1 is 0.983 bits per heavy atom. The average molecular weight is 784 g/mol. The van der Waals surface area contributed by atoms with Crippen LogP contribution in [0.3, 0.4) is 0 Å². The lowest BCUT2D eigenvalue weighted by Crippen LogP contribution is -2.37. The number of nitriles is 1. The third kappa shape index (κ3) is 7.58. The van der Waals surface area contributed by atoms with Crippen LogP contribution < -0.4 is 5.32 Å². The van der Waals surface area contributed by atoms with E-state index in [2.05, 4.69) is 52.2 Å². The fourth-order valence-electron chi connectivity index (χ4n) is 8.16. The zero-order valence-corrected chi connectivity index (χ0v) is 34.6. The molecule has 4 aromatic heterocycles. The van der Waals surface area contributed by atoms with Crippen molar-refractivity contribution in [3.05, 3.63) is 93.1 Å². The van der Waals surface area contributed by atoms with Crippen LogP contribution in [0.2, 0.25) is 0 Å². The number of nitrogens with one attached hydrogen (secondary N) is 2. The molecule has 2 aromatic carbocycles. The number of aromatic nitrogens is 6. The predicted octanol–water partition coefficient (Wildman–Crippen LogP) is 8.69. The molecule has 300 valence electrons. The predicted molar refractivity (Wildman–Crippen MR) is 221 cm³/mol. The Morgan fingerprint density at radius 3 is 2.24 bits per heavy atom. The minimum Gasteiger partial charge on any atom is -0.462 e. The van der Waals surface area contributed by atoms with E-state index in [4.69, 9.17) is 16.0 Å². The van der Waals surface area contributed by atoms with Gasteiger partial charge in [-0.05, 0) is 76.8 Å². The Hall–Kier alpha value is -6.67. The summed E-state index contributed by atoms with van der Waals surface area (Å²) in [6.07, 6.45) is 1.98. The number of hydrogen-bond acceptors (Lipinski definition) is 8. The maximum absolute atomic E-state index is 13.1. The first-order valence-corrected chi connectivity index (χ1v) is 19.4. The molecule has 14 nitrogen and oxygen atoms in total. The highest BCUT2D eigenvalue weighted by Gasteiger charge is 2.36. The molecule has 1 saturated carbocycles. The number of aryl methyl sites for hydroxylation is 5. The van der Waals surface area contributed by atoms with Gasteiger partial charge in [0.1, 0.15) is 17.7 Å². The number of anilines is 1. The van der Waals surface area contributed by atoms with Crippen molar-refractivity contribution < 1.29 is 23.9 Å². The van der Waals surface area contributed by atoms with E-state index in [9.17, 15) is 19.6 Å². The molecule has 0 spiro atoms. The molecule has 6 aromatic rings. The molecule has 1 fully saturated rings. The zero-order valence-electron chi connectivity index (χ0n) is 34.6. The molecule has 0 saturated heterocycles. The normalized spacial score (nSPS) is 17.6. The van der Waals surface area contributed by atoms with E-state index in [1.54, 1.807) is 34.5 Å². The standard InChI is InChI=1S/C24H28N4O2.C20H21N5O3/c1-13-7-9-18(10-8-13)22-26-23-20(25-6)19(17(5)28(23)27-22)24(29)30-21-15(3)11-14(2)12-16(21)4;1-6-28-20(27)17-15(10-21)12(3)25-19(17)24(5)18(23-25)14-8-7-11(2)16(9-14)22-13(4)26/h7-10,14-16,21H,11-12H2,1-5H3,(H,26,27);7-9H,6H2,1-5H3,(H,22,26). The first kappa shape index (κ1) is 41.0. The molecule has 2 atom stereocenters. The van der Waals surface area contributed by atoms with Gasteiger partial charge in [-0.2, -0.15) is 5.26 Å². The summed E-state index contributed by atoms with van der Waals surface area (Å²) in [5.41, 5.74) is 7.68. The van der Waals surface area contributed by atoms with Crippen molar-refractivity contribution in [3.8, 4) is 28.8 Å². The van der Waals surface area contributed by atoms with Crippen LogP contribution in [0.4, 0.5) is 11.4 Å². The summed E-state index contributed by atoms with van der Waals surface area (Å²) in [7, 11) is 1.78. The molecule has 4 heterocycles. The second-order valence-electron chi connectivity index (χ2n) is 15.4. The number of amides is 1. The number of carbonyl (C=O) groups excluding carboxylic acids is 3. The number of H-pyrrole nitrogens is 1. The lowest BCUT2D eigenvalue weighted by molar-refractivity contribution is -0.114. The molecule has 0 radical (unpaired) electrons. The van der Waals surface area contributed by atoms with E-state index in [0.29, 0.717) is 63.3 Å². The van der Waals surface area contributed by atoms with E-state index in [-0.39, 0.29) is 35.4 Å². The van der Waals surface area contributed by atoms with Crippen molar-refractivity contribution >= 4 is 40.5 Å².